The van der Waals surface area contributed by atoms with Crippen LogP contribution in [0.2, 0.25) is 0 Å². The first kappa shape index (κ1) is 13.6. The molecular weight excluding hydrogens is 290 g/mol. The third kappa shape index (κ3) is 2.46. The fourth-order valence-electron chi connectivity index (χ4n) is 1.64. The van der Waals surface area contributed by atoms with Gasteiger partial charge in [-0.05, 0) is 24.0 Å². The molecular formula is C11H12BrNO4. The van der Waals surface area contributed by atoms with Crippen LogP contribution in [0.4, 0.5) is 0 Å². The predicted molar refractivity (Wildman–Crippen MR) is 64.6 cm³/mol. The molecule has 17 heavy (non-hydrogen) atoms. The van der Waals surface area contributed by atoms with E-state index in [1.165, 1.54) is 0 Å². The molecule has 0 spiro atoms. The molecule has 5 nitrogen and oxygen atoms in total. The Kier molecular flexibility index (Phi) is 4.22. The lowest BCUT2D eigenvalue weighted by Gasteiger charge is -2.12. The van der Waals surface area contributed by atoms with Gasteiger partial charge in [0.15, 0.2) is 11.4 Å². The highest BCUT2D eigenvalue weighted by Gasteiger charge is 2.23. The molecule has 1 rings (SSSR count). The number of hydrogen-bond donors (Lipinski definition) is 2. The van der Waals surface area contributed by atoms with Crippen LogP contribution in [0.1, 0.15) is 46.0 Å². The van der Waals surface area contributed by atoms with Crippen LogP contribution in [0.3, 0.4) is 0 Å². The third-order valence-electron chi connectivity index (χ3n) is 2.44. The summed E-state index contributed by atoms with van der Waals surface area (Å²) in [6, 6.07) is 0. The van der Waals surface area contributed by atoms with Gasteiger partial charge in [-0.1, -0.05) is 29.8 Å². The highest BCUT2D eigenvalue weighted by atomic mass is 79.9. The highest BCUT2D eigenvalue weighted by molar-refractivity contribution is 9.10. The van der Waals surface area contributed by atoms with Crippen molar-refractivity contribution in [2.45, 2.75) is 26.7 Å². The minimum Gasteiger partial charge on any atom is -0.477 e. The SMILES string of the molecule is CCc1c(C(=O)O)nc(C(=O)O)c(CC)c1Br. The van der Waals surface area contributed by atoms with E-state index in [1.807, 2.05) is 0 Å². The summed E-state index contributed by atoms with van der Waals surface area (Å²) in [5.41, 5.74) is 0.654. The zero-order valence-electron chi connectivity index (χ0n) is 9.45. The maximum Gasteiger partial charge on any atom is 0.354 e. The van der Waals surface area contributed by atoms with E-state index in [0.717, 1.165) is 0 Å². The molecule has 0 radical (unpaired) electrons. The van der Waals surface area contributed by atoms with Crippen LogP contribution in [0.5, 0.6) is 0 Å². The maximum absolute atomic E-state index is 11.0. The van der Waals surface area contributed by atoms with Gasteiger partial charge in [-0.2, -0.15) is 0 Å². The van der Waals surface area contributed by atoms with Crippen molar-refractivity contribution in [2.24, 2.45) is 0 Å². The van der Waals surface area contributed by atoms with Gasteiger partial charge >= 0.3 is 11.9 Å². The summed E-state index contributed by atoms with van der Waals surface area (Å²) in [4.78, 5) is 25.8. The largest absolute Gasteiger partial charge is 0.477 e. The predicted octanol–water partition coefficient (Wildman–Crippen LogP) is 2.37. The van der Waals surface area contributed by atoms with Crippen LogP contribution < -0.4 is 0 Å². The van der Waals surface area contributed by atoms with Gasteiger partial charge in [0.05, 0.1) is 0 Å². The van der Waals surface area contributed by atoms with E-state index < -0.39 is 11.9 Å². The van der Waals surface area contributed by atoms with Crippen LogP contribution >= 0.6 is 15.9 Å². The van der Waals surface area contributed by atoms with E-state index >= 15 is 0 Å². The first-order valence-corrected chi connectivity index (χ1v) is 5.91. The third-order valence-corrected chi connectivity index (χ3v) is 3.39. The van der Waals surface area contributed by atoms with Gasteiger partial charge in [-0.3, -0.25) is 0 Å². The molecule has 0 aromatic carbocycles. The average molecular weight is 302 g/mol. The number of nitrogens with zero attached hydrogens (tertiary/aromatic N) is 1. The summed E-state index contributed by atoms with van der Waals surface area (Å²) in [5, 5.41) is 18.0. The van der Waals surface area contributed by atoms with Crippen molar-refractivity contribution in [3.05, 3.63) is 27.0 Å². The van der Waals surface area contributed by atoms with Crippen LogP contribution in [-0.2, 0) is 12.8 Å². The molecule has 0 aliphatic carbocycles. The number of rotatable bonds is 4. The molecule has 0 aliphatic rings. The molecule has 0 saturated heterocycles. The summed E-state index contributed by atoms with van der Waals surface area (Å²) in [6.07, 6.45) is 0.949. The Morgan fingerprint density at radius 1 is 1.06 bits per heavy atom. The second-order valence-electron chi connectivity index (χ2n) is 3.40. The molecule has 0 aliphatic heterocycles. The van der Waals surface area contributed by atoms with Crippen LogP contribution in [0.15, 0.2) is 4.47 Å². The molecule has 0 amide bonds. The van der Waals surface area contributed by atoms with Crippen LogP contribution in [-0.4, -0.2) is 27.1 Å². The number of hydrogen-bond acceptors (Lipinski definition) is 3. The lowest BCUT2D eigenvalue weighted by atomic mass is 10.0. The average Bonchev–Trinajstić information content (AvgIpc) is 2.27. The second-order valence-corrected chi connectivity index (χ2v) is 4.19. The van der Waals surface area contributed by atoms with Crippen molar-refractivity contribution in [3.8, 4) is 0 Å². The Balaban J connectivity index is 3.66. The summed E-state index contributed by atoms with van der Waals surface area (Å²) >= 11 is 3.27. The number of carbonyl (C=O) groups is 2. The Labute approximate surface area is 107 Å². The molecule has 1 heterocycles. The number of aromatic nitrogens is 1. The van der Waals surface area contributed by atoms with Crippen molar-refractivity contribution < 1.29 is 19.8 Å². The molecule has 0 bridgehead atoms. The number of carboxylic acids is 2. The lowest BCUT2D eigenvalue weighted by Crippen LogP contribution is -2.15. The Bertz CT molecular complexity index is 445. The van der Waals surface area contributed by atoms with Crippen LogP contribution in [0, 0.1) is 0 Å². The van der Waals surface area contributed by atoms with Crippen molar-refractivity contribution in [3.63, 3.8) is 0 Å². The maximum atomic E-state index is 11.0. The molecule has 0 atom stereocenters. The van der Waals surface area contributed by atoms with Gasteiger partial charge in [0.1, 0.15) is 0 Å². The van der Waals surface area contributed by atoms with Gasteiger partial charge in [-0.15, -0.1) is 0 Å². The van der Waals surface area contributed by atoms with Crippen molar-refractivity contribution >= 4 is 27.9 Å². The van der Waals surface area contributed by atoms with Crippen molar-refractivity contribution in [1.29, 1.82) is 0 Å². The monoisotopic (exact) mass is 301 g/mol. The molecule has 0 unspecified atom stereocenters. The zero-order chi connectivity index (χ0) is 13.2. The fraction of sp³-hybridized carbons (Fsp3) is 0.364. The minimum absolute atomic E-state index is 0.200. The standard InChI is InChI=1S/C11H12BrNO4/c1-3-5-7(12)6(4-2)9(11(16)17)13-8(5)10(14)15/h3-4H2,1-2H3,(H,14,15)(H,16,17). The van der Waals surface area contributed by atoms with Gasteiger partial charge in [0, 0.05) is 4.47 Å². The topological polar surface area (TPSA) is 87.5 Å². The summed E-state index contributed by atoms with van der Waals surface area (Å²) < 4.78 is 0.535. The number of halogens is 1. The highest BCUT2D eigenvalue weighted by Crippen LogP contribution is 2.27. The van der Waals surface area contributed by atoms with E-state index in [9.17, 15) is 9.59 Å². The first-order chi connectivity index (χ1) is 7.93. The van der Waals surface area contributed by atoms with Crippen molar-refractivity contribution in [2.75, 3.05) is 0 Å². The Morgan fingerprint density at radius 2 is 1.41 bits per heavy atom. The second kappa shape index (κ2) is 5.27. The van der Waals surface area contributed by atoms with Gasteiger partial charge in [-0.25, -0.2) is 14.6 Å². The number of carboxylic acid groups (broad SMARTS) is 2. The zero-order valence-corrected chi connectivity index (χ0v) is 11.0. The van der Waals surface area contributed by atoms with Gasteiger partial charge in [0.25, 0.3) is 0 Å². The smallest absolute Gasteiger partial charge is 0.354 e. The minimum atomic E-state index is -1.22. The summed E-state index contributed by atoms with van der Waals surface area (Å²) in [5.74, 6) is -2.43. The first-order valence-electron chi connectivity index (χ1n) is 5.11. The Hall–Kier alpha value is -1.43. The molecule has 1 aromatic heterocycles. The quantitative estimate of drug-likeness (QED) is 0.891. The summed E-state index contributed by atoms with van der Waals surface area (Å²) in [6.45, 7) is 3.60. The van der Waals surface area contributed by atoms with Crippen LogP contribution in [0.25, 0.3) is 0 Å². The molecule has 92 valence electrons. The number of aromatic carboxylic acids is 2. The van der Waals surface area contributed by atoms with E-state index in [2.05, 4.69) is 20.9 Å². The van der Waals surface area contributed by atoms with E-state index in [1.54, 1.807) is 13.8 Å². The number of pyridine rings is 1. The van der Waals surface area contributed by atoms with Gasteiger partial charge in [0.2, 0.25) is 0 Å². The van der Waals surface area contributed by atoms with E-state index in [4.69, 9.17) is 10.2 Å². The van der Waals surface area contributed by atoms with Gasteiger partial charge < -0.3 is 10.2 Å². The molecule has 1 aromatic rings. The summed E-state index contributed by atoms with van der Waals surface area (Å²) in [7, 11) is 0. The molecule has 2 N–H and O–H groups in total. The molecule has 6 heteroatoms. The fourth-order valence-corrected chi connectivity index (χ4v) is 2.57. The van der Waals surface area contributed by atoms with E-state index in [-0.39, 0.29) is 11.4 Å². The lowest BCUT2D eigenvalue weighted by molar-refractivity contribution is 0.0683. The van der Waals surface area contributed by atoms with Crippen molar-refractivity contribution in [1.82, 2.24) is 4.98 Å². The van der Waals surface area contributed by atoms with E-state index in [0.29, 0.717) is 28.4 Å². The normalized spacial score (nSPS) is 10.3. The molecule has 0 fully saturated rings. The Morgan fingerprint density at radius 3 is 1.65 bits per heavy atom. The molecule has 0 saturated carbocycles.